The zero-order valence-electron chi connectivity index (χ0n) is 7.68. The number of oxazole rings is 1. The van der Waals surface area contributed by atoms with E-state index in [2.05, 4.69) is 10.5 Å². The molecule has 0 saturated heterocycles. The van der Waals surface area contributed by atoms with Crippen LogP contribution in [0.4, 0.5) is 0 Å². The Balaban J connectivity index is 2.42. The van der Waals surface area contributed by atoms with Crippen molar-refractivity contribution in [2.75, 3.05) is 6.61 Å². The number of aryl methyl sites for hydroxylation is 2. The van der Waals surface area contributed by atoms with Gasteiger partial charge in [0.1, 0.15) is 5.76 Å². The van der Waals surface area contributed by atoms with Crippen molar-refractivity contribution < 1.29 is 9.25 Å². The molecule has 0 amide bonds. The lowest BCUT2D eigenvalue weighted by Gasteiger charge is -1.98. The first-order chi connectivity index (χ1) is 5.74. The summed E-state index contributed by atoms with van der Waals surface area (Å²) in [6, 6.07) is 0. The van der Waals surface area contributed by atoms with Crippen molar-refractivity contribution in [2.45, 2.75) is 27.3 Å². The normalized spacial score (nSPS) is 10.6. The van der Waals surface area contributed by atoms with E-state index in [-0.39, 0.29) is 0 Å². The summed E-state index contributed by atoms with van der Waals surface area (Å²) in [7, 11) is 0. The van der Waals surface area contributed by atoms with Crippen molar-refractivity contribution in [3.63, 3.8) is 0 Å². The van der Waals surface area contributed by atoms with Gasteiger partial charge in [-0.25, -0.2) is 4.98 Å². The van der Waals surface area contributed by atoms with Crippen LogP contribution in [0.1, 0.15) is 24.3 Å². The molecule has 0 aliphatic carbocycles. The lowest BCUT2D eigenvalue weighted by Crippen LogP contribution is -2.13. The maximum absolute atomic E-state index is 5.31. The summed E-state index contributed by atoms with van der Waals surface area (Å²) in [6.45, 7) is 6.88. The van der Waals surface area contributed by atoms with E-state index in [4.69, 9.17) is 9.25 Å². The van der Waals surface area contributed by atoms with E-state index in [0.717, 1.165) is 11.5 Å². The number of nitrogens with one attached hydrogen (secondary N) is 1. The van der Waals surface area contributed by atoms with E-state index in [1.165, 1.54) is 0 Å². The lowest BCUT2D eigenvalue weighted by molar-refractivity contribution is 0.0414. The molecule has 0 aliphatic heterocycles. The van der Waals surface area contributed by atoms with Crippen LogP contribution in [-0.2, 0) is 11.4 Å². The first-order valence-corrected chi connectivity index (χ1v) is 4.01. The molecule has 0 saturated carbocycles. The van der Waals surface area contributed by atoms with Gasteiger partial charge in [-0.15, -0.1) is 0 Å². The molecule has 68 valence electrons. The number of nitrogens with zero attached hydrogens (tertiary/aromatic N) is 1. The molecule has 0 radical (unpaired) electrons. The Kier molecular flexibility index (Phi) is 3.25. The monoisotopic (exact) mass is 170 g/mol. The van der Waals surface area contributed by atoms with Crippen LogP contribution < -0.4 is 5.48 Å². The van der Waals surface area contributed by atoms with Crippen LogP contribution in [0, 0.1) is 13.8 Å². The minimum Gasteiger partial charge on any atom is -0.444 e. The Hall–Kier alpha value is -0.870. The van der Waals surface area contributed by atoms with Crippen LogP contribution in [0.25, 0.3) is 0 Å². The van der Waals surface area contributed by atoms with Gasteiger partial charge in [-0.05, 0) is 20.8 Å². The fourth-order valence-electron chi connectivity index (χ4n) is 0.830. The first kappa shape index (κ1) is 9.22. The molecule has 1 heterocycles. The first-order valence-electron chi connectivity index (χ1n) is 4.01. The molecule has 4 heteroatoms. The van der Waals surface area contributed by atoms with E-state index in [9.17, 15) is 0 Å². The molecule has 4 nitrogen and oxygen atoms in total. The second-order valence-electron chi connectivity index (χ2n) is 2.50. The molecular weight excluding hydrogens is 156 g/mol. The highest BCUT2D eigenvalue weighted by Gasteiger charge is 2.03. The van der Waals surface area contributed by atoms with Gasteiger partial charge in [-0.2, -0.15) is 5.48 Å². The average molecular weight is 170 g/mol. The maximum Gasteiger partial charge on any atom is 0.210 e. The van der Waals surface area contributed by atoms with Crippen molar-refractivity contribution >= 4 is 0 Å². The minimum absolute atomic E-state index is 0.516. The third-order valence-electron chi connectivity index (χ3n) is 1.54. The van der Waals surface area contributed by atoms with Crippen molar-refractivity contribution in [3.8, 4) is 0 Å². The molecule has 0 aromatic carbocycles. The van der Waals surface area contributed by atoms with Gasteiger partial charge in [0.05, 0.1) is 18.8 Å². The molecule has 0 spiro atoms. The summed E-state index contributed by atoms with van der Waals surface area (Å²) < 4.78 is 5.31. The summed E-state index contributed by atoms with van der Waals surface area (Å²) in [5, 5.41) is 0. The highest BCUT2D eigenvalue weighted by Crippen LogP contribution is 2.07. The summed E-state index contributed by atoms with van der Waals surface area (Å²) in [4.78, 5) is 9.11. The third kappa shape index (κ3) is 2.32. The molecule has 0 aliphatic rings. The summed E-state index contributed by atoms with van der Waals surface area (Å²) in [6.07, 6.45) is 0. The molecular formula is C8H14N2O2. The Morgan fingerprint density at radius 3 is 2.75 bits per heavy atom. The second-order valence-corrected chi connectivity index (χ2v) is 2.50. The number of hydrogen-bond donors (Lipinski definition) is 1. The zero-order chi connectivity index (χ0) is 8.97. The van der Waals surface area contributed by atoms with Gasteiger partial charge in [0.25, 0.3) is 0 Å². The topological polar surface area (TPSA) is 47.3 Å². The van der Waals surface area contributed by atoms with Crippen molar-refractivity contribution in [1.29, 1.82) is 0 Å². The van der Waals surface area contributed by atoms with Gasteiger partial charge in [0.15, 0.2) is 0 Å². The zero-order valence-corrected chi connectivity index (χ0v) is 7.68. The molecule has 1 aromatic rings. The molecule has 0 unspecified atom stereocenters. The van der Waals surface area contributed by atoms with E-state index < -0.39 is 0 Å². The van der Waals surface area contributed by atoms with Crippen LogP contribution in [-0.4, -0.2) is 11.6 Å². The quantitative estimate of drug-likeness (QED) is 0.547. The highest BCUT2D eigenvalue weighted by molar-refractivity contribution is 5.04. The van der Waals surface area contributed by atoms with E-state index >= 15 is 0 Å². The molecule has 1 rings (SSSR count). The van der Waals surface area contributed by atoms with Crippen LogP contribution >= 0.6 is 0 Å². The Labute approximate surface area is 71.9 Å². The van der Waals surface area contributed by atoms with Crippen molar-refractivity contribution in [1.82, 2.24) is 10.5 Å². The van der Waals surface area contributed by atoms with Crippen LogP contribution in [0.2, 0.25) is 0 Å². The van der Waals surface area contributed by atoms with Crippen molar-refractivity contribution in [3.05, 3.63) is 17.3 Å². The minimum atomic E-state index is 0.516. The van der Waals surface area contributed by atoms with E-state index in [1.54, 1.807) is 0 Å². The maximum atomic E-state index is 5.31. The summed E-state index contributed by atoms with van der Waals surface area (Å²) >= 11 is 0. The predicted molar refractivity (Wildman–Crippen MR) is 44.4 cm³/mol. The Bertz CT molecular complexity index is 226. The Morgan fingerprint density at radius 2 is 2.25 bits per heavy atom. The van der Waals surface area contributed by atoms with Crippen molar-refractivity contribution in [2.24, 2.45) is 0 Å². The van der Waals surface area contributed by atoms with Crippen LogP contribution in [0.3, 0.4) is 0 Å². The third-order valence-corrected chi connectivity index (χ3v) is 1.54. The SMILES string of the molecule is CCONCc1nc(C)c(C)o1. The van der Waals surface area contributed by atoms with Gasteiger partial charge >= 0.3 is 0 Å². The number of aromatic nitrogens is 1. The van der Waals surface area contributed by atoms with Crippen LogP contribution in [0.15, 0.2) is 4.42 Å². The number of hydroxylamine groups is 1. The lowest BCUT2D eigenvalue weighted by atomic mass is 10.4. The molecule has 0 fully saturated rings. The molecule has 12 heavy (non-hydrogen) atoms. The molecule has 1 aromatic heterocycles. The average Bonchev–Trinajstić information content (AvgIpc) is 2.32. The summed E-state index contributed by atoms with van der Waals surface area (Å²) in [5.41, 5.74) is 3.67. The Morgan fingerprint density at radius 1 is 1.50 bits per heavy atom. The number of hydrogen-bond acceptors (Lipinski definition) is 4. The number of rotatable bonds is 4. The second kappa shape index (κ2) is 4.23. The summed E-state index contributed by atoms with van der Waals surface area (Å²) in [5.74, 6) is 1.53. The largest absolute Gasteiger partial charge is 0.444 e. The molecule has 1 N–H and O–H groups in total. The highest BCUT2D eigenvalue weighted by atomic mass is 16.6. The fourth-order valence-corrected chi connectivity index (χ4v) is 0.830. The van der Waals surface area contributed by atoms with Gasteiger partial charge in [-0.3, -0.25) is 0 Å². The van der Waals surface area contributed by atoms with Gasteiger partial charge < -0.3 is 9.25 Å². The standard InChI is InChI=1S/C8H14N2O2/c1-4-11-9-5-8-10-6(2)7(3)12-8/h9H,4-5H2,1-3H3. The van der Waals surface area contributed by atoms with Crippen LogP contribution in [0.5, 0.6) is 0 Å². The fraction of sp³-hybridized carbons (Fsp3) is 0.625. The molecule has 0 bridgehead atoms. The smallest absolute Gasteiger partial charge is 0.210 e. The van der Waals surface area contributed by atoms with Gasteiger partial charge in [0, 0.05) is 0 Å². The molecule has 0 atom stereocenters. The van der Waals surface area contributed by atoms with Gasteiger partial charge in [-0.1, -0.05) is 0 Å². The van der Waals surface area contributed by atoms with E-state index in [1.807, 2.05) is 20.8 Å². The van der Waals surface area contributed by atoms with Gasteiger partial charge in [0.2, 0.25) is 5.89 Å². The van der Waals surface area contributed by atoms with E-state index in [0.29, 0.717) is 19.0 Å². The predicted octanol–water partition coefficient (Wildman–Crippen LogP) is 1.33.